The summed E-state index contributed by atoms with van der Waals surface area (Å²) >= 11 is 0. The fraction of sp³-hybridized carbons (Fsp3) is 0.300. The molecule has 1 aromatic rings. The second kappa shape index (κ2) is 4.87. The van der Waals surface area contributed by atoms with Crippen molar-refractivity contribution in [3.05, 3.63) is 29.8 Å². The van der Waals surface area contributed by atoms with Crippen molar-refractivity contribution in [2.45, 2.75) is 13.1 Å². The molecule has 0 saturated heterocycles. The summed E-state index contributed by atoms with van der Waals surface area (Å²) < 4.78 is 45.8. The van der Waals surface area contributed by atoms with E-state index in [1.807, 2.05) is 0 Å². The van der Waals surface area contributed by atoms with E-state index < -0.39 is 17.9 Å². The van der Waals surface area contributed by atoms with E-state index in [1.165, 1.54) is 6.07 Å². The number of hydrogen-bond donors (Lipinski definition) is 0. The van der Waals surface area contributed by atoms with Crippen LogP contribution in [0.4, 0.5) is 18.0 Å². The Morgan fingerprint density at radius 2 is 2.06 bits per heavy atom. The van der Waals surface area contributed by atoms with E-state index in [1.54, 1.807) is 6.92 Å². The maximum Gasteiger partial charge on any atom is 0.513 e. The largest absolute Gasteiger partial charge is 0.513 e. The number of benzene rings is 1. The number of alkyl halides is 3. The number of carbonyl (C=O) groups excluding carboxylic acids is 1. The first-order valence-electron chi connectivity index (χ1n) is 4.45. The summed E-state index contributed by atoms with van der Waals surface area (Å²) in [6.45, 7) is 1.66. The summed E-state index contributed by atoms with van der Waals surface area (Å²) in [6, 6.07) is 4.01. The lowest BCUT2D eigenvalue weighted by Gasteiger charge is -2.08. The highest BCUT2D eigenvalue weighted by Gasteiger charge is 2.30. The minimum absolute atomic E-state index is 0.0950. The van der Waals surface area contributed by atoms with Gasteiger partial charge in [0.15, 0.2) is 0 Å². The summed E-state index contributed by atoms with van der Waals surface area (Å²) in [7, 11) is 0. The van der Waals surface area contributed by atoms with E-state index >= 15 is 0 Å². The molecular weight excluding hydrogens is 225 g/mol. The van der Waals surface area contributed by atoms with Crippen molar-refractivity contribution in [2.75, 3.05) is 6.61 Å². The van der Waals surface area contributed by atoms with Gasteiger partial charge in [-0.3, -0.25) is 0 Å². The van der Waals surface area contributed by atoms with Gasteiger partial charge in [-0.15, -0.1) is 0 Å². The van der Waals surface area contributed by atoms with Crippen LogP contribution in [0.3, 0.4) is 0 Å². The molecule has 0 aliphatic heterocycles. The predicted molar refractivity (Wildman–Crippen MR) is 49.1 cm³/mol. The second-order valence-corrected chi connectivity index (χ2v) is 2.81. The van der Waals surface area contributed by atoms with Crippen LogP contribution in [0.15, 0.2) is 24.3 Å². The van der Waals surface area contributed by atoms with E-state index in [4.69, 9.17) is 0 Å². The van der Waals surface area contributed by atoms with Gasteiger partial charge < -0.3 is 9.47 Å². The molecule has 88 valence electrons. The molecule has 1 rings (SSSR count). The minimum atomic E-state index is -4.46. The van der Waals surface area contributed by atoms with E-state index in [-0.39, 0.29) is 12.4 Å². The Kier molecular flexibility index (Phi) is 3.76. The third-order valence-corrected chi connectivity index (χ3v) is 1.62. The van der Waals surface area contributed by atoms with Gasteiger partial charge in [-0.2, -0.15) is 13.2 Å². The molecule has 1 aromatic carbocycles. The molecular formula is C10H9F3O3. The molecule has 0 aliphatic carbocycles. The zero-order chi connectivity index (χ0) is 12.2. The normalized spacial score (nSPS) is 11.0. The zero-order valence-corrected chi connectivity index (χ0v) is 8.38. The van der Waals surface area contributed by atoms with Gasteiger partial charge in [-0.1, -0.05) is 6.07 Å². The Morgan fingerprint density at radius 1 is 1.38 bits per heavy atom. The van der Waals surface area contributed by atoms with Crippen LogP contribution in [0.2, 0.25) is 0 Å². The van der Waals surface area contributed by atoms with Crippen LogP contribution >= 0.6 is 0 Å². The summed E-state index contributed by atoms with van der Waals surface area (Å²) in [6.07, 6.45) is -5.49. The molecule has 0 N–H and O–H groups in total. The van der Waals surface area contributed by atoms with Crippen LogP contribution in [0.25, 0.3) is 0 Å². The Labute approximate surface area is 89.8 Å². The molecule has 0 aliphatic rings. The summed E-state index contributed by atoms with van der Waals surface area (Å²) in [4.78, 5) is 10.8. The van der Waals surface area contributed by atoms with Gasteiger partial charge in [-0.25, -0.2) is 4.79 Å². The van der Waals surface area contributed by atoms with Crippen molar-refractivity contribution in [2.24, 2.45) is 0 Å². The average molecular weight is 234 g/mol. The monoisotopic (exact) mass is 234 g/mol. The van der Waals surface area contributed by atoms with Crippen molar-refractivity contribution in [1.29, 1.82) is 0 Å². The smallest absolute Gasteiger partial charge is 0.434 e. The lowest BCUT2D eigenvalue weighted by Crippen LogP contribution is -2.11. The molecule has 3 nitrogen and oxygen atoms in total. The summed E-state index contributed by atoms with van der Waals surface area (Å²) in [5.41, 5.74) is -0.880. The minimum Gasteiger partial charge on any atom is -0.434 e. The fourth-order valence-corrected chi connectivity index (χ4v) is 0.979. The van der Waals surface area contributed by atoms with Crippen LogP contribution in [0.1, 0.15) is 12.5 Å². The van der Waals surface area contributed by atoms with Gasteiger partial charge in [0.1, 0.15) is 5.75 Å². The first kappa shape index (κ1) is 12.4. The van der Waals surface area contributed by atoms with Gasteiger partial charge in [0.25, 0.3) is 0 Å². The standard InChI is InChI=1S/C10H9F3O3/c1-2-15-9(14)16-8-5-3-4-7(6-8)10(11,12)13/h3-6H,2H2,1H3. The Bertz CT molecular complexity index is 374. The predicted octanol–water partition coefficient (Wildman–Crippen LogP) is 3.24. The van der Waals surface area contributed by atoms with Crippen molar-refractivity contribution in [3.63, 3.8) is 0 Å². The highest BCUT2D eigenvalue weighted by Crippen LogP contribution is 2.31. The van der Waals surface area contributed by atoms with Gasteiger partial charge in [-0.05, 0) is 25.1 Å². The van der Waals surface area contributed by atoms with Crippen LogP contribution in [0.5, 0.6) is 5.75 Å². The maximum absolute atomic E-state index is 12.3. The highest BCUT2D eigenvalue weighted by molar-refractivity contribution is 5.63. The van der Waals surface area contributed by atoms with E-state index in [2.05, 4.69) is 9.47 Å². The molecule has 0 saturated carbocycles. The average Bonchev–Trinajstić information content (AvgIpc) is 2.17. The molecule has 0 radical (unpaired) electrons. The number of carbonyl (C=O) groups is 1. The third kappa shape index (κ3) is 3.45. The lowest BCUT2D eigenvalue weighted by atomic mass is 10.2. The quantitative estimate of drug-likeness (QED) is 0.582. The molecule has 0 spiro atoms. The van der Waals surface area contributed by atoms with Crippen LogP contribution < -0.4 is 4.74 Å². The van der Waals surface area contributed by atoms with E-state index in [9.17, 15) is 18.0 Å². The summed E-state index contributed by atoms with van der Waals surface area (Å²) in [5, 5.41) is 0. The maximum atomic E-state index is 12.3. The molecule has 0 atom stereocenters. The SMILES string of the molecule is CCOC(=O)Oc1cccc(C(F)(F)F)c1. The van der Waals surface area contributed by atoms with Crippen molar-refractivity contribution in [1.82, 2.24) is 0 Å². The van der Waals surface area contributed by atoms with Gasteiger partial charge in [0.2, 0.25) is 0 Å². The number of ether oxygens (including phenoxy) is 2. The third-order valence-electron chi connectivity index (χ3n) is 1.62. The number of rotatable bonds is 2. The molecule has 0 aromatic heterocycles. The van der Waals surface area contributed by atoms with Crippen LogP contribution in [-0.2, 0) is 10.9 Å². The van der Waals surface area contributed by atoms with E-state index in [0.717, 1.165) is 18.2 Å². The Hall–Kier alpha value is -1.72. The summed E-state index contributed by atoms with van der Waals surface area (Å²) in [5.74, 6) is -0.201. The molecule has 6 heteroatoms. The molecule has 0 heterocycles. The topological polar surface area (TPSA) is 35.5 Å². The zero-order valence-electron chi connectivity index (χ0n) is 8.38. The van der Waals surface area contributed by atoms with Gasteiger partial charge >= 0.3 is 12.3 Å². The van der Waals surface area contributed by atoms with Gasteiger partial charge in [0.05, 0.1) is 12.2 Å². The first-order chi connectivity index (χ1) is 7.43. The van der Waals surface area contributed by atoms with Crippen molar-refractivity contribution >= 4 is 6.16 Å². The molecule has 0 bridgehead atoms. The lowest BCUT2D eigenvalue weighted by molar-refractivity contribution is -0.137. The fourth-order valence-electron chi connectivity index (χ4n) is 0.979. The van der Waals surface area contributed by atoms with Crippen molar-refractivity contribution in [3.8, 4) is 5.75 Å². The second-order valence-electron chi connectivity index (χ2n) is 2.81. The van der Waals surface area contributed by atoms with E-state index in [0.29, 0.717) is 0 Å². The number of hydrogen-bond acceptors (Lipinski definition) is 3. The molecule has 0 unspecified atom stereocenters. The molecule has 0 fully saturated rings. The number of halogens is 3. The van der Waals surface area contributed by atoms with Crippen LogP contribution in [0, 0.1) is 0 Å². The first-order valence-corrected chi connectivity index (χ1v) is 4.45. The Balaban J connectivity index is 2.79. The van der Waals surface area contributed by atoms with Crippen molar-refractivity contribution < 1.29 is 27.4 Å². The molecule has 16 heavy (non-hydrogen) atoms. The van der Waals surface area contributed by atoms with Crippen LogP contribution in [-0.4, -0.2) is 12.8 Å². The van der Waals surface area contributed by atoms with Gasteiger partial charge in [0, 0.05) is 0 Å². The Morgan fingerprint density at radius 3 is 2.62 bits per heavy atom. The highest BCUT2D eigenvalue weighted by atomic mass is 19.4. The molecule has 0 amide bonds.